The highest BCUT2D eigenvalue weighted by molar-refractivity contribution is 5.90. The van der Waals surface area contributed by atoms with Gasteiger partial charge in [-0.2, -0.15) is 4.58 Å². The third-order valence-electron chi connectivity index (χ3n) is 6.17. The number of benzene rings is 2. The first-order valence-electron chi connectivity index (χ1n) is 10.9. The van der Waals surface area contributed by atoms with Crippen LogP contribution >= 0.6 is 0 Å². The molecule has 0 saturated carbocycles. The smallest absolute Gasteiger partial charge is 0.338 e. The Morgan fingerprint density at radius 1 is 1.00 bits per heavy atom. The van der Waals surface area contributed by atoms with E-state index in [9.17, 15) is 4.79 Å². The number of carbonyl (C=O) groups excluding carboxylic acids is 1. The zero-order valence-electron chi connectivity index (χ0n) is 19.7. The van der Waals surface area contributed by atoms with Gasteiger partial charge in [0.05, 0.1) is 19.7 Å². The quantitative estimate of drug-likeness (QED) is 0.195. The molecular formula is C27H35N2O2+. The maximum atomic E-state index is 12.1. The highest BCUT2D eigenvalue weighted by Crippen LogP contribution is 2.46. The number of rotatable bonds is 6. The minimum absolute atomic E-state index is 0.142. The Morgan fingerprint density at radius 3 is 2.16 bits per heavy atom. The largest absolute Gasteiger partial charge is 0.458 e. The van der Waals surface area contributed by atoms with Gasteiger partial charge in [-0.05, 0) is 71.2 Å². The zero-order valence-corrected chi connectivity index (χ0v) is 19.7. The van der Waals surface area contributed by atoms with Crippen molar-refractivity contribution < 1.29 is 9.53 Å². The van der Waals surface area contributed by atoms with Crippen LogP contribution in [-0.2, 0) is 15.6 Å². The summed E-state index contributed by atoms with van der Waals surface area (Å²) in [4.78, 5) is 14.2. The molecule has 0 unspecified atom stereocenters. The molecule has 0 N–H and O–H groups in total. The molecule has 4 heteroatoms. The van der Waals surface area contributed by atoms with Crippen molar-refractivity contribution in [2.75, 3.05) is 20.7 Å². The van der Waals surface area contributed by atoms with Gasteiger partial charge in [-0.25, -0.2) is 4.79 Å². The number of hydrogen-bond donors (Lipinski definition) is 0. The second-order valence-corrected chi connectivity index (χ2v) is 9.88. The van der Waals surface area contributed by atoms with Crippen molar-refractivity contribution in [2.24, 2.45) is 0 Å². The van der Waals surface area contributed by atoms with E-state index in [1.807, 2.05) is 43.3 Å². The molecule has 31 heavy (non-hydrogen) atoms. The van der Waals surface area contributed by atoms with Crippen molar-refractivity contribution in [3.05, 3.63) is 71.8 Å². The normalized spacial score (nSPS) is 16.9. The SMILES string of the molecule is C=CCOC(=O)c1ccc([N+](=CN(C)C)c2ccc3c(c2)C(C)(C)CCC3(C)C)cc1. The van der Waals surface area contributed by atoms with Gasteiger partial charge in [0.1, 0.15) is 18.0 Å². The first kappa shape index (κ1) is 22.8. The van der Waals surface area contributed by atoms with E-state index in [0.29, 0.717) is 5.56 Å². The van der Waals surface area contributed by atoms with Crippen LogP contribution in [0.3, 0.4) is 0 Å². The van der Waals surface area contributed by atoms with Crippen molar-refractivity contribution in [1.82, 2.24) is 9.48 Å². The molecule has 1 aliphatic carbocycles. The minimum atomic E-state index is -0.340. The van der Waals surface area contributed by atoms with Gasteiger partial charge in [0.15, 0.2) is 0 Å². The summed E-state index contributed by atoms with van der Waals surface area (Å²) < 4.78 is 7.31. The Morgan fingerprint density at radius 2 is 1.58 bits per heavy atom. The van der Waals surface area contributed by atoms with E-state index in [2.05, 4.69) is 63.4 Å². The lowest BCUT2D eigenvalue weighted by Gasteiger charge is -2.41. The fraction of sp³-hybridized carbons (Fsp3) is 0.407. The molecule has 2 aromatic rings. The molecule has 0 heterocycles. The molecule has 0 amide bonds. The third kappa shape index (κ3) is 4.90. The molecule has 1 aliphatic rings. The van der Waals surface area contributed by atoms with E-state index in [1.165, 1.54) is 24.0 Å². The second kappa shape index (κ2) is 8.70. The fourth-order valence-corrected chi connectivity index (χ4v) is 4.22. The molecule has 3 rings (SSSR count). The fourth-order valence-electron chi connectivity index (χ4n) is 4.22. The Hall–Kier alpha value is -2.88. The van der Waals surface area contributed by atoms with Gasteiger partial charge in [0, 0.05) is 0 Å². The van der Waals surface area contributed by atoms with Gasteiger partial charge in [0.2, 0.25) is 6.34 Å². The molecule has 2 aromatic carbocycles. The van der Waals surface area contributed by atoms with Crippen molar-refractivity contribution in [2.45, 2.75) is 51.4 Å². The van der Waals surface area contributed by atoms with Crippen LogP contribution in [0.5, 0.6) is 0 Å². The van der Waals surface area contributed by atoms with Gasteiger partial charge in [-0.15, -0.1) is 0 Å². The molecule has 0 fully saturated rings. The first-order valence-corrected chi connectivity index (χ1v) is 10.9. The summed E-state index contributed by atoms with van der Waals surface area (Å²) in [5, 5.41) is 0. The van der Waals surface area contributed by atoms with Crippen molar-refractivity contribution in [1.29, 1.82) is 0 Å². The number of nitrogens with zero attached hydrogens (tertiary/aromatic N) is 2. The molecule has 4 nitrogen and oxygen atoms in total. The first-order chi connectivity index (χ1) is 14.5. The summed E-state index contributed by atoms with van der Waals surface area (Å²) in [6.07, 6.45) is 6.01. The zero-order chi connectivity index (χ0) is 22.8. The molecule has 164 valence electrons. The van der Waals surface area contributed by atoms with Gasteiger partial charge >= 0.3 is 5.97 Å². The highest BCUT2D eigenvalue weighted by atomic mass is 16.5. The van der Waals surface area contributed by atoms with Crippen LogP contribution in [-0.4, -0.2) is 37.9 Å². The Bertz CT molecular complexity index is 998. The monoisotopic (exact) mass is 419 g/mol. The van der Waals surface area contributed by atoms with Crippen LogP contribution in [0.15, 0.2) is 55.1 Å². The van der Waals surface area contributed by atoms with E-state index < -0.39 is 0 Å². The van der Waals surface area contributed by atoms with E-state index in [0.717, 1.165) is 11.4 Å². The molecule has 0 saturated heterocycles. The summed E-state index contributed by atoms with van der Waals surface area (Å²) in [6, 6.07) is 14.4. The van der Waals surface area contributed by atoms with Crippen LogP contribution in [0.1, 0.15) is 62.0 Å². The van der Waals surface area contributed by atoms with Crippen molar-refractivity contribution in [3.63, 3.8) is 0 Å². The number of esters is 1. The maximum Gasteiger partial charge on any atom is 0.338 e. The highest BCUT2D eigenvalue weighted by Gasteiger charge is 2.37. The molecule has 0 bridgehead atoms. The Labute approximate surface area is 186 Å². The standard InChI is InChI=1S/C27H35N2O2/c1-8-17-31-25(30)20-9-11-21(12-10-20)29(19-28(6)7)22-13-14-23-24(18-22)27(4,5)16-15-26(23,2)3/h8-14,18-19H,1,15-17H2,2-7H3/q+1. The molecule has 0 aromatic heterocycles. The van der Waals surface area contributed by atoms with Crippen LogP contribution in [0.2, 0.25) is 0 Å². The summed E-state index contributed by atoms with van der Waals surface area (Å²) >= 11 is 0. The van der Waals surface area contributed by atoms with Crippen molar-refractivity contribution >= 4 is 23.7 Å². The number of ether oxygens (including phenoxy) is 1. The van der Waals surface area contributed by atoms with Crippen LogP contribution < -0.4 is 4.58 Å². The lowest BCUT2D eigenvalue weighted by molar-refractivity contribution is 0.0550. The predicted molar refractivity (Wildman–Crippen MR) is 130 cm³/mol. The third-order valence-corrected chi connectivity index (χ3v) is 6.17. The maximum absolute atomic E-state index is 12.1. The lowest BCUT2D eigenvalue weighted by atomic mass is 9.63. The van der Waals surface area contributed by atoms with Crippen molar-refractivity contribution in [3.8, 4) is 0 Å². The Balaban J connectivity index is 2.03. The Kier molecular flexibility index (Phi) is 6.40. The van der Waals surface area contributed by atoms with Gasteiger partial charge in [-0.1, -0.05) is 46.4 Å². The molecule has 0 aliphatic heterocycles. The van der Waals surface area contributed by atoms with Gasteiger partial charge < -0.3 is 4.74 Å². The van der Waals surface area contributed by atoms with Crippen LogP contribution in [0, 0.1) is 0 Å². The predicted octanol–water partition coefficient (Wildman–Crippen LogP) is 5.80. The van der Waals surface area contributed by atoms with E-state index in [1.54, 1.807) is 6.08 Å². The summed E-state index contributed by atoms with van der Waals surface area (Å²) in [7, 11) is 4.03. The molecule has 0 spiro atoms. The number of fused-ring (bicyclic) bond motifs is 1. The summed E-state index contributed by atoms with van der Waals surface area (Å²) in [5.41, 5.74) is 5.82. The van der Waals surface area contributed by atoms with E-state index >= 15 is 0 Å². The summed E-state index contributed by atoms with van der Waals surface area (Å²) in [5.74, 6) is -0.340. The van der Waals surface area contributed by atoms with E-state index in [4.69, 9.17) is 4.74 Å². The number of carbonyl (C=O) groups is 1. The number of hydrogen-bond acceptors (Lipinski definition) is 2. The van der Waals surface area contributed by atoms with E-state index in [-0.39, 0.29) is 23.4 Å². The molecular weight excluding hydrogens is 384 g/mol. The van der Waals surface area contributed by atoms with Crippen LogP contribution in [0.4, 0.5) is 11.4 Å². The molecule has 0 radical (unpaired) electrons. The molecule has 0 atom stereocenters. The van der Waals surface area contributed by atoms with Gasteiger partial charge in [-0.3, -0.25) is 4.90 Å². The van der Waals surface area contributed by atoms with Gasteiger partial charge in [0.25, 0.3) is 0 Å². The second-order valence-electron chi connectivity index (χ2n) is 9.88. The minimum Gasteiger partial charge on any atom is -0.458 e. The topological polar surface area (TPSA) is 32.6 Å². The lowest BCUT2D eigenvalue weighted by Crippen LogP contribution is -2.34. The average molecular weight is 420 g/mol. The summed E-state index contributed by atoms with van der Waals surface area (Å²) in [6.45, 7) is 13.2. The van der Waals surface area contributed by atoms with Crippen LogP contribution in [0.25, 0.3) is 0 Å². The average Bonchev–Trinajstić information content (AvgIpc) is 2.73.